The van der Waals surface area contributed by atoms with Crippen LogP contribution in [0.4, 0.5) is 0 Å². The maximum Gasteiger partial charge on any atom is 0.0345 e. The SMILES string of the molecule is CN(C)[C@@H]1CCC(c2ccccc2)c2ccccc21. The highest BCUT2D eigenvalue weighted by Crippen LogP contribution is 2.42. The van der Waals surface area contributed by atoms with Crippen molar-refractivity contribution in [1.29, 1.82) is 0 Å². The van der Waals surface area contributed by atoms with E-state index < -0.39 is 0 Å². The van der Waals surface area contributed by atoms with E-state index >= 15 is 0 Å². The Morgan fingerprint density at radius 3 is 2.11 bits per heavy atom. The summed E-state index contributed by atoms with van der Waals surface area (Å²) in [5.41, 5.74) is 4.47. The molecule has 19 heavy (non-hydrogen) atoms. The molecule has 1 nitrogen and oxygen atoms in total. The number of fused-ring (bicyclic) bond motifs is 1. The Labute approximate surface area is 115 Å². The number of hydrogen-bond acceptors (Lipinski definition) is 1. The molecule has 0 radical (unpaired) electrons. The van der Waals surface area contributed by atoms with E-state index in [0.29, 0.717) is 12.0 Å². The lowest BCUT2D eigenvalue weighted by Gasteiger charge is -2.35. The van der Waals surface area contributed by atoms with Gasteiger partial charge in [-0.25, -0.2) is 0 Å². The van der Waals surface area contributed by atoms with Gasteiger partial charge >= 0.3 is 0 Å². The molecule has 2 aromatic carbocycles. The van der Waals surface area contributed by atoms with Crippen LogP contribution in [-0.2, 0) is 0 Å². The highest BCUT2D eigenvalue weighted by Gasteiger charge is 2.28. The van der Waals surface area contributed by atoms with Gasteiger partial charge in [-0.15, -0.1) is 0 Å². The summed E-state index contributed by atoms with van der Waals surface area (Å²) >= 11 is 0. The van der Waals surface area contributed by atoms with Crippen LogP contribution < -0.4 is 0 Å². The number of rotatable bonds is 2. The van der Waals surface area contributed by atoms with Crippen molar-refractivity contribution in [2.75, 3.05) is 14.1 Å². The van der Waals surface area contributed by atoms with Crippen molar-refractivity contribution in [1.82, 2.24) is 4.90 Å². The first-order chi connectivity index (χ1) is 9.27. The molecular weight excluding hydrogens is 230 g/mol. The lowest BCUT2D eigenvalue weighted by molar-refractivity contribution is 0.263. The normalized spacial score (nSPS) is 22.3. The highest BCUT2D eigenvalue weighted by atomic mass is 15.1. The van der Waals surface area contributed by atoms with Crippen molar-refractivity contribution in [3.8, 4) is 0 Å². The summed E-state index contributed by atoms with van der Waals surface area (Å²) in [6.45, 7) is 0. The summed E-state index contributed by atoms with van der Waals surface area (Å²) in [6, 6.07) is 20.4. The number of nitrogens with zero attached hydrogens (tertiary/aromatic N) is 1. The van der Waals surface area contributed by atoms with Crippen LogP contribution in [0.5, 0.6) is 0 Å². The van der Waals surface area contributed by atoms with Gasteiger partial charge in [-0.05, 0) is 43.6 Å². The van der Waals surface area contributed by atoms with Gasteiger partial charge in [0.05, 0.1) is 0 Å². The topological polar surface area (TPSA) is 3.24 Å². The van der Waals surface area contributed by atoms with Crippen molar-refractivity contribution in [3.63, 3.8) is 0 Å². The highest BCUT2D eigenvalue weighted by molar-refractivity contribution is 5.41. The minimum absolute atomic E-state index is 0.564. The standard InChI is InChI=1S/C18H21N/c1-19(2)18-13-12-15(14-8-4-3-5-9-14)16-10-6-7-11-17(16)18/h3-11,15,18H,12-13H2,1-2H3/t15?,18-/m1/s1. The predicted octanol–water partition coefficient (Wildman–Crippen LogP) is 4.22. The van der Waals surface area contributed by atoms with Gasteiger partial charge in [0.2, 0.25) is 0 Å². The number of hydrogen-bond donors (Lipinski definition) is 0. The predicted molar refractivity (Wildman–Crippen MR) is 80.4 cm³/mol. The summed E-state index contributed by atoms with van der Waals surface area (Å²) in [7, 11) is 4.37. The first kappa shape index (κ1) is 12.4. The van der Waals surface area contributed by atoms with Gasteiger partial charge < -0.3 is 4.90 Å². The second-order valence-corrected chi connectivity index (χ2v) is 5.65. The largest absolute Gasteiger partial charge is 0.302 e. The summed E-state index contributed by atoms with van der Waals surface area (Å²) in [5.74, 6) is 0.564. The van der Waals surface area contributed by atoms with E-state index in [1.54, 1.807) is 0 Å². The molecule has 0 heterocycles. The summed E-state index contributed by atoms with van der Waals surface area (Å²) < 4.78 is 0. The average molecular weight is 251 g/mol. The molecule has 0 aromatic heterocycles. The zero-order chi connectivity index (χ0) is 13.2. The molecule has 2 atom stereocenters. The summed E-state index contributed by atoms with van der Waals surface area (Å²) in [4.78, 5) is 2.35. The Morgan fingerprint density at radius 1 is 0.789 bits per heavy atom. The van der Waals surface area contributed by atoms with Crippen LogP contribution in [0.15, 0.2) is 54.6 Å². The van der Waals surface area contributed by atoms with E-state index in [-0.39, 0.29) is 0 Å². The molecular formula is C18H21N. The molecule has 0 aliphatic heterocycles. The minimum Gasteiger partial charge on any atom is -0.302 e. The molecule has 98 valence electrons. The Morgan fingerprint density at radius 2 is 1.42 bits per heavy atom. The first-order valence-electron chi connectivity index (χ1n) is 7.07. The monoisotopic (exact) mass is 251 g/mol. The third kappa shape index (κ3) is 2.31. The summed E-state index contributed by atoms with van der Waals surface area (Å²) in [6.07, 6.45) is 2.48. The van der Waals surface area contributed by atoms with Gasteiger partial charge in [-0.3, -0.25) is 0 Å². The van der Waals surface area contributed by atoms with Gasteiger partial charge in [-0.1, -0.05) is 54.6 Å². The fraction of sp³-hybridized carbons (Fsp3) is 0.333. The quantitative estimate of drug-likeness (QED) is 0.772. The van der Waals surface area contributed by atoms with Crippen LogP contribution in [0, 0.1) is 0 Å². The second-order valence-electron chi connectivity index (χ2n) is 5.65. The van der Waals surface area contributed by atoms with Crippen LogP contribution >= 0.6 is 0 Å². The first-order valence-corrected chi connectivity index (χ1v) is 7.07. The van der Waals surface area contributed by atoms with Crippen molar-refractivity contribution >= 4 is 0 Å². The molecule has 3 rings (SSSR count). The maximum absolute atomic E-state index is 2.35. The van der Waals surface area contributed by atoms with Crippen LogP contribution in [0.3, 0.4) is 0 Å². The second kappa shape index (κ2) is 5.18. The maximum atomic E-state index is 2.35. The molecule has 0 N–H and O–H groups in total. The fourth-order valence-electron chi connectivity index (χ4n) is 3.34. The van der Waals surface area contributed by atoms with Crippen LogP contribution in [0.25, 0.3) is 0 Å². The van der Waals surface area contributed by atoms with Crippen molar-refractivity contribution in [2.24, 2.45) is 0 Å². The molecule has 0 saturated carbocycles. The molecule has 0 amide bonds. The zero-order valence-electron chi connectivity index (χ0n) is 11.7. The third-order valence-corrected chi connectivity index (χ3v) is 4.28. The van der Waals surface area contributed by atoms with Crippen molar-refractivity contribution < 1.29 is 0 Å². The molecule has 0 spiro atoms. The van der Waals surface area contributed by atoms with Crippen LogP contribution in [-0.4, -0.2) is 19.0 Å². The van der Waals surface area contributed by atoms with Gasteiger partial charge in [0.1, 0.15) is 0 Å². The fourth-order valence-corrected chi connectivity index (χ4v) is 3.34. The molecule has 0 saturated heterocycles. The molecule has 0 fully saturated rings. The molecule has 1 unspecified atom stereocenters. The van der Waals surface area contributed by atoms with E-state index in [2.05, 4.69) is 73.6 Å². The molecule has 1 heteroatoms. The van der Waals surface area contributed by atoms with E-state index in [0.717, 1.165) is 0 Å². The summed E-state index contributed by atoms with van der Waals surface area (Å²) in [5, 5.41) is 0. The van der Waals surface area contributed by atoms with Crippen molar-refractivity contribution in [2.45, 2.75) is 24.8 Å². The molecule has 0 bridgehead atoms. The molecule has 1 aliphatic rings. The van der Waals surface area contributed by atoms with Crippen molar-refractivity contribution in [3.05, 3.63) is 71.3 Å². The van der Waals surface area contributed by atoms with E-state index in [4.69, 9.17) is 0 Å². The Bertz CT molecular complexity index is 545. The smallest absolute Gasteiger partial charge is 0.0345 e. The Balaban J connectivity index is 2.04. The lowest BCUT2D eigenvalue weighted by atomic mass is 9.76. The van der Waals surface area contributed by atoms with Gasteiger partial charge in [-0.2, -0.15) is 0 Å². The van der Waals surface area contributed by atoms with Crippen LogP contribution in [0.1, 0.15) is 41.5 Å². The Kier molecular flexibility index (Phi) is 3.39. The van der Waals surface area contributed by atoms with E-state index in [1.165, 1.54) is 29.5 Å². The third-order valence-electron chi connectivity index (χ3n) is 4.28. The van der Waals surface area contributed by atoms with Gasteiger partial charge in [0.15, 0.2) is 0 Å². The van der Waals surface area contributed by atoms with E-state index in [1.807, 2.05) is 0 Å². The van der Waals surface area contributed by atoms with Gasteiger partial charge in [0.25, 0.3) is 0 Å². The van der Waals surface area contributed by atoms with Gasteiger partial charge in [0, 0.05) is 12.0 Å². The lowest BCUT2D eigenvalue weighted by Crippen LogP contribution is -2.26. The average Bonchev–Trinajstić information content (AvgIpc) is 2.47. The number of benzene rings is 2. The molecule has 1 aliphatic carbocycles. The van der Waals surface area contributed by atoms with E-state index in [9.17, 15) is 0 Å². The minimum atomic E-state index is 0.564. The Hall–Kier alpha value is -1.60. The zero-order valence-corrected chi connectivity index (χ0v) is 11.7. The molecule has 2 aromatic rings. The van der Waals surface area contributed by atoms with Crippen LogP contribution in [0.2, 0.25) is 0 Å².